The minimum absolute atomic E-state index is 0.124. The Kier molecular flexibility index (Phi) is 12.1. The van der Waals surface area contributed by atoms with E-state index in [1.165, 1.54) is 16.3 Å². The van der Waals surface area contributed by atoms with Crippen molar-refractivity contribution in [2.45, 2.75) is 105 Å². The van der Waals surface area contributed by atoms with Crippen LogP contribution in [-0.2, 0) is 38.5 Å². The lowest BCUT2D eigenvalue weighted by Gasteiger charge is -2.32. The molecule has 0 saturated carbocycles. The zero-order valence-electron chi connectivity index (χ0n) is 35.0. The summed E-state index contributed by atoms with van der Waals surface area (Å²) in [6.45, 7) is 18.5. The molecule has 6 heterocycles. The first-order valence-corrected chi connectivity index (χ1v) is 21.3. The van der Waals surface area contributed by atoms with Crippen LogP contribution in [0.5, 0.6) is 0 Å². The van der Waals surface area contributed by atoms with E-state index in [0.29, 0.717) is 42.3 Å². The molecule has 6 bridgehead atoms. The first kappa shape index (κ1) is 41.5. The predicted octanol–water partition coefficient (Wildman–Crippen LogP) is 6.15. The average molecular weight is 817 g/mol. The summed E-state index contributed by atoms with van der Waals surface area (Å²) in [6.07, 6.45) is 1.95. The molecule has 312 valence electrons. The summed E-state index contributed by atoms with van der Waals surface area (Å²) in [4.78, 5) is 59.9. The summed E-state index contributed by atoms with van der Waals surface area (Å²) >= 11 is 1.44. The molecule has 3 aliphatic heterocycles. The van der Waals surface area contributed by atoms with Crippen LogP contribution < -0.4 is 21.0 Å². The van der Waals surface area contributed by atoms with E-state index in [-0.39, 0.29) is 25.0 Å². The summed E-state index contributed by atoms with van der Waals surface area (Å²) < 4.78 is 13.8. The third-order valence-electron chi connectivity index (χ3n) is 11.0. The molecule has 7 rings (SSSR count). The largest absolute Gasteiger partial charge is 0.444 e. The van der Waals surface area contributed by atoms with Gasteiger partial charge in [0.2, 0.25) is 4.92 Å². The van der Waals surface area contributed by atoms with Gasteiger partial charge in [-0.05, 0) is 71.2 Å². The van der Waals surface area contributed by atoms with Crippen molar-refractivity contribution in [3.8, 4) is 22.5 Å². The minimum atomic E-state index is -0.997. The molecule has 0 radical (unpaired) electrons. The number of hydrogen-bond donors (Lipinski definition) is 3. The molecule has 16 heteroatoms. The molecule has 3 atom stereocenters. The van der Waals surface area contributed by atoms with E-state index in [9.17, 15) is 14.5 Å². The molecule has 1 aromatic carbocycles. The number of rotatable bonds is 6. The molecule has 15 nitrogen and oxygen atoms in total. The number of piperazine rings is 1. The number of thiazole rings is 1. The van der Waals surface area contributed by atoms with Crippen LogP contribution in [0.4, 0.5) is 10.5 Å². The lowest BCUT2D eigenvalue weighted by atomic mass is 9.84. The number of hydrogen-bond acceptors (Lipinski definition) is 12. The number of alkyl carbamates (subject to hydrolysis) is 1. The second-order valence-electron chi connectivity index (χ2n) is 17.3. The summed E-state index contributed by atoms with van der Waals surface area (Å²) in [5.74, 6) is -0.390. The maximum Gasteiger partial charge on any atom is 0.408 e. The van der Waals surface area contributed by atoms with Crippen LogP contribution in [0.2, 0.25) is 0 Å². The Hall–Kier alpha value is -4.64. The van der Waals surface area contributed by atoms with E-state index in [4.69, 9.17) is 24.3 Å². The van der Waals surface area contributed by atoms with Crippen molar-refractivity contribution in [2.75, 3.05) is 51.3 Å². The Morgan fingerprint density at radius 1 is 1.19 bits per heavy atom. The molecule has 0 spiro atoms. The Morgan fingerprint density at radius 3 is 2.69 bits per heavy atom. The Balaban J connectivity index is 1.38. The van der Waals surface area contributed by atoms with Crippen molar-refractivity contribution in [3.63, 3.8) is 0 Å². The number of aryl methyl sites for hydroxylation is 1. The standard InChI is InChI=1S/C42H57N9O6S/c1-9-49-34-13-12-27-19-29(34)31(38(49)30-20-28(48-17-14-43-15-18-48)23-44-37(30)26(2)55-8)22-42(6,7)25-56-51(54)35-11-10-16-50(47-35)39(52)32(21-36-45-33(27)24-58-36)46-40(53)57-41(3,4)5/h12-13,19-20,23-24,26,32,35,43,47H,9-11,14-18,21-22,25H2,1-8H3/p+1/t26-,32-,35+/m0/s1. The van der Waals surface area contributed by atoms with Gasteiger partial charge in [-0.3, -0.25) is 14.8 Å². The van der Waals surface area contributed by atoms with Crippen LogP contribution in [0.25, 0.3) is 33.4 Å². The predicted molar refractivity (Wildman–Crippen MR) is 224 cm³/mol. The third kappa shape index (κ3) is 8.99. The van der Waals surface area contributed by atoms with Gasteiger partial charge in [0.25, 0.3) is 5.91 Å². The van der Waals surface area contributed by atoms with Crippen molar-refractivity contribution in [1.82, 2.24) is 35.6 Å². The Morgan fingerprint density at radius 2 is 1.97 bits per heavy atom. The second-order valence-corrected chi connectivity index (χ2v) is 18.2. The van der Waals surface area contributed by atoms with E-state index < -0.39 is 29.3 Å². The highest BCUT2D eigenvalue weighted by molar-refractivity contribution is 7.10. The van der Waals surface area contributed by atoms with Crippen molar-refractivity contribution in [3.05, 3.63) is 57.0 Å². The normalized spacial score (nSPS) is 21.0. The smallest absolute Gasteiger partial charge is 0.408 e. The van der Waals surface area contributed by atoms with Gasteiger partial charge in [-0.15, -0.1) is 11.3 Å². The van der Waals surface area contributed by atoms with Gasteiger partial charge in [-0.1, -0.05) is 19.9 Å². The molecule has 2 fully saturated rings. The highest BCUT2D eigenvalue weighted by atomic mass is 32.1. The minimum Gasteiger partial charge on any atom is -0.444 e. The van der Waals surface area contributed by atoms with E-state index in [2.05, 4.69) is 70.6 Å². The molecular formula is C42H58N9O6S+. The SMILES string of the molecule is CCn1c(-c2cc(N3CCNCC3)cnc2[C@H](C)OC)c2c3cc(ccc31)-c1csc(n1)C[C@H](NC(=O)OC(C)(C)C)C(=O)N1CCC[C@H](N1)[N+](=O)OCC(C)(C)C2. The molecule has 3 N–H and O–H groups in total. The van der Waals surface area contributed by atoms with Crippen LogP contribution in [-0.4, -0.2) is 101 Å². The number of fused-ring (bicyclic) bond motifs is 6. The fraction of sp³-hybridized carbons (Fsp3) is 0.571. The number of nitrogens with zero attached hydrogens (tertiary/aromatic N) is 6. The van der Waals surface area contributed by atoms with Gasteiger partial charge < -0.3 is 29.6 Å². The number of pyridine rings is 1. The monoisotopic (exact) mass is 816 g/mol. The van der Waals surface area contributed by atoms with Gasteiger partial charge in [0, 0.05) is 92.0 Å². The highest BCUT2D eigenvalue weighted by Crippen LogP contribution is 2.43. The van der Waals surface area contributed by atoms with Gasteiger partial charge in [0.15, 0.2) is 6.61 Å². The highest BCUT2D eigenvalue weighted by Gasteiger charge is 2.40. The second kappa shape index (κ2) is 16.9. The van der Waals surface area contributed by atoms with Gasteiger partial charge >= 0.3 is 12.3 Å². The molecule has 2 saturated heterocycles. The number of benzene rings is 1. The van der Waals surface area contributed by atoms with Crippen LogP contribution in [0.3, 0.4) is 0 Å². The lowest BCUT2D eigenvalue weighted by Crippen LogP contribution is -2.60. The van der Waals surface area contributed by atoms with Gasteiger partial charge in [-0.25, -0.2) is 14.6 Å². The molecule has 0 aliphatic carbocycles. The average Bonchev–Trinajstić information content (AvgIpc) is 3.79. The number of methoxy groups -OCH3 is 1. The van der Waals surface area contributed by atoms with E-state index >= 15 is 0 Å². The van der Waals surface area contributed by atoms with E-state index in [1.54, 1.807) is 27.9 Å². The topological polar surface area (TPSA) is 155 Å². The molecular weight excluding hydrogens is 759 g/mol. The van der Waals surface area contributed by atoms with Crippen molar-refractivity contribution in [1.29, 1.82) is 0 Å². The van der Waals surface area contributed by atoms with Crippen LogP contribution in [0.15, 0.2) is 35.8 Å². The van der Waals surface area contributed by atoms with Crippen molar-refractivity contribution < 1.29 is 28.8 Å². The first-order chi connectivity index (χ1) is 27.6. The van der Waals surface area contributed by atoms with Gasteiger partial charge in [0.1, 0.15) is 11.6 Å². The summed E-state index contributed by atoms with van der Waals surface area (Å²) in [5, 5.41) is 11.4. The Labute approximate surface area is 344 Å². The fourth-order valence-electron chi connectivity index (χ4n) is 8.07. The van der Waals surface area contributed by atoms with Gasteiger partial charge in [-0.2, -0.15) is 5.43 Å². The summed E-state index contributed by atoms with van der Waals surface area (Å²) in [5.41, 5.74) is 9.72. The molecule has 0 unspecified atom stereocenters. The number of aromatic nitrogens is 3. The lowest BCUT2D eigenvalue weighted by molar-refractivity contribution is -0.835. The third-order valence-corrected chi connectivity index (χ3v) is 11.9. The van der Waals surface area contributed by atoms with Crippen LogP contribution >= 0.6 is 11.3 Å². The summed E-state index contributed by atoms with van der Waals surface area (Å²) in [6, 6.07) is 7.73. The zero-order chi connectivity index (χ0) is 41.4. The molecule has 3 aliphatic rings. The number of ether oxygens (including phenoxy) is 2. The van der Waals surface area contributed by atoms with E-state index in [0.717, 1.165) is 76.5 Å². The molecule has 58 heavy (non-hydrogen) atoms. The van der Waals surface area contributed by atoms with Crippen molar-refractivity contribution >= 4 is 39.9 Å². The quantitative estimate of drug-likeness (QED) is 0.206. The molecule has 2 amide bonds. The molecule has 4 aromatic rings. The zero-order valence-corrected chi connectivity index (χ0v) is 35.8. The number of anilines is 1. The van der Waals surface area contributed by atoms with E-state index in [1.807, 2.05) is 18.5 Å². The maximum absolute atomic E-state index is 14.1. The van der Waals surface area contributed by atoms with Gasteiger partial charge in [0.05, 0.1) is 45.0 Å². The first-order valence-electron chi connectivity index (χ1n) is 20.4. The number of nitrogens with one attached hydrogen (secondary N) is 3. The maximum atomic E-state index is 14.1. The van der Waals surface area contributed by atoms with Crippen LogP contribution in [0.1, 0.15) is 83.7 Å². The number of amides is 2. The summed E-state index contributed by atoms with van der Waals surface area (Å²) in [7, 11) is 1.71. The van der Waals surface area contributed by atoms with Crippen molar-refractivity contribution in [2.24, 2.45) is 5.41 Å². The number of carbonyl (C=O) groups is 2. The van der Waals surface area contributed by atoms with Crippen LogP contribution in [0, 0.1) is 10.3 Å². The molecule has 3 aromatic heterocycles. The Bertz CT molecular complexity index is 2150. The number of hydrazine groups is 1. The fourth-order valence-corrected chi connectivity index (χ4v) is 8.92. The number of carbonyl (C=O) groups excluding carboxylic acids is 2.